The topological polar surface area (TPSA) is 79.5 Å². The number of ether oxygens (including phenoxy) is 1. The molecule has 2 aromatic rings. The summed E-state index contributed by atoms with van der Waals surface area (Å²) in [6, 6.07) is 14.4. The van der Waals surface area contributed by atoms with Gasteiger partial charge in [-0.3, -0.25) is 9.59 Å². The van der Waals surface area contributed by atoms with Crippen molar-refractivity contribution in [2.45, 2.75) is 13.8 Å². The minimum absolute atomic E-state index is 0.0423. The van der Waals surface area contributed by atoms with E-state index >= 15 is 0 Å². The minimum atomic E-state index is -0.165. The Balaban J connectivity index is 1.84. The molecule has 0 fully saturated rings. The van der Waals surface area contributed by atoms with Crippen molar-refractivity contribution >= 4 is 28.9 Å². The highest BCUT2D eigenvalue weighted by atomic mass is 16.5. The van der Waals surface area contributed by atoms with Gasteiger partial charge in [-0.1, -0.05) is 19.9 Å². The van der Waals surface area contributed by atoms with Crippen LogP contribution in [-0.2, 0) is 9.59 Å². The van der Waals surface area contributed by atoms with Crippen LogP contribution in [0.2, 0.25) is 0 Å². The van der Waals surface area contributed by atoms with E-state index in [2.05, 4.69) is 16.0 Å². The third-order valence-corrected chi connectivity index (χ3v) is 3.48. The monoisotopic (exact) mass is 341 g/mol. The molecule has 25 heavy (non-hydrogen) atoms. The van der Waals surface area contributed by atoms with E-state index < -0.39 is 0 Å². The number of hydrogen-bond acceptors (Lipinski definition) is 4. The zero-order chi connectivity index (χ0) is 18.2. The Kier molecular flexibility index (Phi) is 6.39. The van der Waals surface area contributed by atoms with Gasteiger partial charge >= 0.3 is 0 Å². The van der Waals surface area contributed by atoms with Crippen LogP contribution in [0.4, 0.5) is 17.1 Å². The van der Waals surface area contributed by atoms with Gasteiger partial charge in [-0.15, -0.1) is 0 Å². The van der Waals surface area contributed by atoms with Crippen molar-refractivity contribution in [2.75, 3.05) is 29.6 Å². The van der Waals surface area contributed by atoms with Crippen molar-refractivity contribution in [3.63, 3.8) is 0 Å². The SMILES string of the molecule is COc1cccc(NCC(=O)Nc2ccc(NC(=O)C(C)C)cc2)c1. The molecule has 0 saturated carbocycles. The zero-order valence-corrected chi connectivity index (χ0v) is 14.6. The van der Waals surface area contributed by atoms with Crippen molar-refractivity contribution in [3.8, 4) is 5.75 Å². The summed E-state index contributed by atoms with van der Waals surface area (Å²) in [5, 5.41) is 8.64. The lowest BCUT2D eigenvalue weighted by Gasteiger charge is -2.10. The Bertz CT molecular complexity index is 727. The predicted molar refractivity (Wildman–Crippen MR) is 100 cm³/mol. The van der Waals surface area contributed by atoms with Gasteiger partial charge in [0.15, 0.2) is 0 Å². The smallest absolute Gasteiger partial charge is 0.243 e. The fourth-order valence-electron chi connectivity index (χ4n) is 2.04. The molecule has 132 valence electrons. The van der Waals surface area contributed by atoms with Gasteiger partial charge in [-0.2, -0.15) is 0 Å². The lowest BCUT2D eigenvalue weighted by Crippen LogP contribution is -2.21. The Labute approximate surface area is 147 Å². The lowest BCUT2D eigenvalue weighted by molar-refractivity contribution is -0.119. The second-order valence-corrected chi connectivity index (χ2v) is 5.85. The van der Waals surface area contributed by atoms with Gasteiger partial charge in [-0.25, -0.2) is 0 Å². The van der Waals surface area contributed by atoms with Crippen molar-refractivity contribution in [1.82, 2.24) is 0 Å². The van der Waals surface area contributed by atoms with Crippen molar-refractivity contribution in [1.29, 1.82) is 0 Å². The molecule has 0 unspecified atom stereocenters. The fourth-order valence-corrected chi connectivity index (χ4v) is 2.04. The van der Waals surface area contributed by atoms with Crippen LogP contribution in [0.15, 0.2) is 48.5 Å². The van der Waals surface area contributed by atoms with Gasteiger partial charge in [0.2, 0.25) is 11.8 Å². The summed E-state index contributed by atoms with van der Waals surface area (Å²) >= 11 is 0. The summed E-state index contributed by atoms with van der Waals surface area (Å²) in [4.78, 5) is 23.7. The summed E-state index contributed by atoms with van der Waals surface area (Å²) < 4.78 is 5.14. The van der Waals surface area contributed by atoms with Crippen LogP contribution >= 0.6 is 0 Å². The number of methoxy groups -OCH3 is 1. The van der Waals surface area contributed by atoms with E-state index in [0.717, 1.165) is 11.4 Å². The van der Waals surface area contributed by atoms with Gasteiger partial charge in [0, 0.05) is 29.0 Å². The highest BCUT2D eigenvalue weighted by Gasteiger charge is 2.07. The molecule has 2 amide bonds. The molecule has 0 aliphatic carbocycles. The number of anilines is 3. The molecule has 0 saturated heterocycles. The molecule has 0 aromatic heterocycles. The summed E-state index contributed by atoms with van der Waals surface area (Å²) in [7, 11) is 1.60. The van der Waals surface area contributed by atoms with Crippen LogP contribution < -0.4 is 20.7 Å². The van der Waals surface area contributed by atoms with Crippen molar-refractivity contribution in [3.05, 3.63) is 48.5 Å². The molecule has 0 spiro atoms. The molecular weight excluding hydrogens is 318 g/mol. The third kappa shape index (κ3) is 5.84. The molecule has 0 atom stereocenters. The summed E-state index contributed by atoms with van der Waals surface area (Å²) in [6.07, 6.45) is 0. The van der Waals surface area contributed by atoms with Crippen LogP contribution in [0, 0.1) is 5.92 Å². The fraction of sp³-hybridized carbons (Fsp3) is 0.263. The number of amides is 2. The lowest BCUT2D eigenvalue weighted by atomic mass is 10.2. The van der Waals surface area contributed by atoms with E-state index in [0.29, 0.717) is 11.4 Å². The van der Waals surface area contributed by atoms with Crippen LogP contribution in [-0.4, -0.2) is 25.5 Å². The van der Waals surface area contributed by atoms with Crippen LogP contribution in [0.1, 0.15) is 13.8 Å². The highest BCUT2D eigenvalue weighted by Crippen LogP contribution is 2.17. The van der Waals surface area contributed by atoms with Gasteiger partial charge < -0.3 is 20.7 Å². The van der Waals surface area contributed by atoms with Gasteiger partial charge in [0.1, 0.15) is 5.75 Å². The first-order valence-corrected chi connectivity index (χ1v) is 8.06. The summed E-state index contributed by atoms with van der Waals surface area (Å²) in [5.74, 6) is 0.438. The molecule has 0 heterocycles. The average Bonchev–Trinajstić information content (AvgIpc) is 2.61. The van der Waals surface area contributed by atoms with Crippen LogP contribution in [0.5, 0.6) is 5.75 Å². The second kappa shape index (κ2) is 8.73. The Morgan fingerprint density at radius 2 is 1.60 bits per heavy atom. The maximum atomic E-state index is 12.0. The quantitative estimate of drug-likeness (QED) is 0.722. The van der Waals surface area contributed by atoms with E-state index in [1.165, 1.54) is 0 Å². The molecule has 2 rings (SSSR count). The number of benzene rings is 2. The first-order valence-electron chi connectivity index (χ1n) is 8.06. The molecule has 3 N–H and O–H groups in total. The molecule has 2 aromatic carbocycles. The van der Waals surface area contributed by atoms with Crippen LogP contribution in [0.3, 0.4) is 0 Å². The van der Waals surface area contributed by atoms with Crippen molar-refractivity contribution in [2.24, 2.45) is 5.92 Å². The summed E-state index contributed by atoms with van der Waals surface area (Å²) in [6.45, 7) is 3.80. The van der Waals surface area contributed by atoms with E-state index in [1.54, 1.807) is 31.4 Å². The van der Waals surface area contributed by atoms with E-state index in [1.807, 2.05) is 38.1 Å². The Morgan fingerprint density at radius 3 is 2.20 bits per heavy atom. The number of hydrogen-bond donors (Lipinski definition) is 3. The number of rotatable bonds is 7. The Hall–Kier alpha value is -3.02. The molecule has 6 heteroatoms. The number of carbonyl (C=O) groups excluding carboxylic acids is 2. The molecule has 0 aliphatic heterocycles. The first kappa shape index (κ1) is 18.3. The minimum Gasteiger partial charge on any atom is -0.497 e. The largest absolute Gasteiger partial charge is 0.497 e. The zero-order valence-electron chi connectivity index (χ0n) is 14.6. The van der Waals surface area contributed by atoms with E-state index in [4.69, 9.17) is 4.74 Å². The van der Waals surface area contributed by atoms with Crippen LogP contribution in [0.25, 0.3) is 0 Å². The molecular formula is C19H23N3O3. The van der Waals surface area contributed by atoms with E-state index in [-0.39, 0.29) is 24.3 Å². The maximum Gasteiger partial charge on any atom is 0.243 e. The molecule has 0 bridgehead atoms. The maximum absolute atomic E-state index is 12.0. The third-order valence-electron chi connectivity index (χ3n) is 3.48. The summed E-state index contributed by atoms with van der Waals surface area (Å²) in [5.41, 5.74) is 2.17. The normalized spacial score (nSPS) is 10.2. The molecule has 6 nitrogen and oxygen atoms in total. The van der Waals surface area contributed by atoms with E-state index in [9.17, 15) is 9.59 Å². The van der Waals surface area contributed by atoms with Gasteiger partial charge in [0.25, 0.3) is 0 Å². The second-order valence-electron chi connectivity index (χ2n) is 5.85. The van der Waals surface area contributed by atoms with Gasteiger partial charge in [0.05, 0.1) is 13.7 Å². The van der Waals surface area contributed by atoms with Crippen molar-refractivity contribution < 1.29 is 14.3 Å². The van der Waals surface area contributed by atoms with Gasteiger partial charge in [-0.05, 0) is 36.4 Å². The number of carbonyl (C=O) groups is 2. The number of nitrogens with one attached hydrogen (secondary N) is 3. The Morgan fingerprint density at radius 1 is 0.960 bits per heavy atom. The highest BCUT2D eigenvalue weighted by molar-refractivity contribution is 5.95. The molecule has 0 radical (unpaired) electrons. The molecule has 0 aliphatic rings. The average molecular weight is 341 g/mol. The standard InChI is InChI=1S/C19H23N3O3/c1-13(2)19(24)22-15-9-7-14(8-10-15)21-18(23)12-20-16-5-4-6-17(11-16)25-3/h4-11,13,20H,12H2,1-3H3,(H,21,23)(H,22,24). The predicted octanol–water partition coefficient (Wildman–Crippen LogP) is 3.34. The first-order chi connectivity index (χ1) is 12.0.